The van der Waals surface area contributed by atoms with Crippen molar-refractivity contribution in [3.63, 3.8) is 0 Å². The maximum atomic E-state index is 13.7. The summed E-state index contributed by atoms with van der Waals surface area (Å²) in [4.78, 5) is 13.2. The van der Waals surface area contributed by atoms with Crippen molar-refractivity contribution in [2.24, 2.45) is 0 Å². The van der Waals surface area contributed by atoms with E-state index in [1.54, 1.807) is 42.5 Å². The zero-order chi connectivity index (χ0) is 30.3. The first-order valence-electron chi connectivity index (χ1n) is 13.8. The monoisotopic (exact) mass is 615 g/mol. The molecule has 1 fully saturated rings. The zero-order valence-corrected chi connectivity index (χ0v) is 25.7. The van der Waals surface area contributed by atoms with E-state index in [9.17, 15) is 21.6 Å². The van der Waals surface area contributed by atoms with Gasteiger partial charge in [-0.15, -0.1) is 0 Å². The Labute approximate surface area is 248 Å². The number of methoxy groups -OCH3 is 1. The second kappa shape index (κ2) is 13.6. The number of sulfonamides is 2. The Hall–Kier alpha value is -3.61. The summed E-state index contributed by atoms with van der Waals surface area (Å²) in [5.74, 6) is 0.244. The molecule has 1 N–H and O–H groups in total. The van der Waals surface area contributed by atoms with E-state index in [1.165, 1.54) is 35.7 Å². The van der Waals surface area contributed by atoms with Crippen molar-refractivity contribution in [3.8, 4) is 11.5 Å². The predicted octanol–water partition coefficient (Wildman–Crippen LogP) is 3.88. The fourth-order valence-corrected chi connectivity index (χ4v) is 7.58. The molecular formula is C30H37N3O7S2. The molecule has 0 spiro atoms. The Morgan fingerprint density at radius 1 is 0.857 bits per heavy atom. The van der Waals surface area contributed by atoms with Crippen LogP contribution in [0, 0.1) is 13.8 Å². The largest absolute Gasteiger partial charge is 0.495 e. The van der Waals surface area contributed by atoms with Crippen LogP contribution < -0.4 is 19.1 Å². The van der Waals surface area contributed by atoms with Crippen LogP contribution in [0.2, 0.25) is 0 Å². The molecule has 1 heterocycles. The number of nitrogens with zero attached hydrogens (tertiary/aromatic N) is 2. The van der Waals surface area contributed by atoms with Crippen LogP contribution in [-0.4, -0.2) is 66.9 Å². The molecule has 3 aromatic rings. The van der Waals surface area contributed by atoms with Gasteiger partial charge in [-0.2, -0.15) is 4.31 Å². The van der Waals surface area contributed by atoms with E-state index in [1.807, 2.05) is 13.8 Å². The maximum absolute atomic E-state index is 13.7. The molecule has 3 aromatic carbocycles. The van der Waals surface area contributed by atoms with Crippen LogP contribution in [0.5, 0.6) is 11.5 Å². The summed E-state index contributed by atoms with van der Waals surface area (Å²) in [6, 6.07) is 17.7. The second-order valence-electron chi connectivity index (χ2n) is 10.1. The minimum atomic E-state index is -4.10. The number of nitrogens with one attached hydrogen (secondary N) is 1. The topological polar surface area (TPSA) is 122 Å². The number of piperidine rings is 1. The van der Waals surface area contributed by atoms with Gasteiger partial charge in [0.05, 0.1) is 29.1 Å². The Morgan fingerprint density at radius 2 is 1.48 bits per heavy atom. The van der Waals surface area contributed by atoms with Gasteiger partial charge in [0.15, 0.2) is 0 Å². The molecule has 0 radical (unpaired) electrons. The predicted molar refractivity (Wildman–Crippen MR) is 161 cm³/mol. The van der Waals surface area contributed by atoms with E-state index in [0.717, 1.165) is 34.7 Å². The molecule has 0 saturated carbocycles. The van der Waals surface area contributed by atoms with E-state index >= 15 is 0 Å². The third kappa shape index (κ3) is 7.42. The van der Waals surface area contributed by atoms with Crippen LogP contribution >= 0.6 is 0 Å². The molecule has 1 saturated heterocycles. The fourth-order valence-electron chi connectivity index (χ4n) is 4.64. The molecule has 226 valence electrons. The second-order valence-corrected chi connectivity index (χ2v) is 13.9. The minimum absolute atomic E-state index is 0.0542. The highest BCUT2D eigenvalue weighted by Crippen LogP contribution is 2.33. The van der Waals surface area contributed by atoms with Crippen molar-refractivity contribution in [2.75, 3.05) is 44.2 Å². The quantitative estimate of drug-likeness (QED) is 0.307. The molecule has 1 aliphatic rings. The molecule has 0 aromatic heterocycles. The standard InChI is InChI=1S/C30H37N3O7S2/c1-23-7-12-27(13-8-23)42(37,38)33(28-21-24(2)9-16-29(28)39-3)22-30(34)31-17-20-40-25-10-14-26(15-11-25)41(35,36)32-18-5-4-6-19-32/h7-16,21H,4-6,17-20,22H2,1-3H3,(H,31,34). The Morgan fingerprint density at radius 3 is 2.12 bits per heavy atom. The van der Waals surface area contributed by atoms with Gasteiger partial charge in [0.1, 0.15) is 24.7 Å². The molecule has 10 nitrogen and oxygen atoms in total. The highest BCUT2D eigenvalue weighted by atomic mass is 32.2. The van der Waals surface area contributed by atoms with Crippen LogP contribution in [0.1, 0.15) is 30.4 Å². The maximum Gasteiger partial charge on any atom is 0.264 e. The Balaban J connectivity index is 1.40. The lowest BCUT2D eigenvalue weighted by Gasteiger charge is -2.26. The van der Waals surface area contributed by atoms with Crippen molar-refractivity contribution < 1.29 is 31.1 Å². The highest BCUT2D eigenvalue weighted by molar-refractivity contribution is 7.93. The molecule has 0 unspecified atom stereocenters. The van der Waals surface area contributed by atoms with Gasteiger partial charge < -0.3 is 14.8 Å². The van der Waals surface area contributed by atoms with E-state index in [-0.39, 0.29) is 28.6 Å². The molecule has 1 aliphatic heterocycles. The third-order valence-corrected chi connectivity index (χ3v) is 10.7. The normalized spacial score (nSPS) is 14.3. The van der Waals surface area contributed by atoms with Gasteiger partial charge in [-0.25, -0.2) is 16.8 Å². The minimum Gasteiger partial charge on any atom is -0.495 e. The molecule has 0 atom stereocenters. The van der Waals surface area contributed by atoms with Crippen LogP contribution in [0.4, 0.5) is 5.69 Å². The average Bonchev–Trinajstić information content (AvgIpc) is 2.99. The van der Waals surface area contributed by atoms with Crippen LogP contribution in [0.3, 0.4) is 0 Å². The van der Waals surface area contributed by atoms with Crippen molar-refractivity contribution in [3.05, 3.63) is 77.9 Å². The summed E-state index contributed by atoms with van der Waals surface area (Å²) in [5.41, 5.74) is 1.96. The molecule has 1 amide bonds. The number of carbonyl (C=O) groups excluding carboxylic acids is 1. The Kier molecular flexibility index (Phi) is 10.1. The number of amides is 1. The first kappa shape index (κ1) is 31.3. The summed E-state index contributed by atoms with van der Waals surface area (Å²) in [5, 5.41) is 2.70. The van der Waals surface area contributed by atoms with Crippen LogP contribution in [0.15, 0.2) is 76.5 Å². The van der Waals surface area contributed by atoms with Crippen LogP contribution in [-0.2, 0) is 24.8 Å². The molecule has 42 heavy (non-hydrogen) atoms. The third-order valence-electron chi connectivity index (χ3n) is 6.97. The first-order valence-corrected chi connectivity index (χ1v) is 16.6. The van der Waals surface area contributed by atoms with Crippen molar-refractivity contribution in [1.82, 2.24) is 9.62 Å². The van der Waals surface area contributed by atoms with Gasteiger partial charge in [-0.1, -0.05) is 30.2 Å². The van der Waals surface area contributed by atoms with E-state index in [2.05, 4.69) is 5.32 Å². The van der Waals surface area contributed by atoms with Gasteiger partial charge in [0.2, 0.25) is 15.9 Å². The molecule has 0 bridgehead atoms. The lowest BCUT2D eigenvalue weighted by molar-refractivity contribution is -0.119. The average molecular weight is 616 g/mol. The smallest absolute Gasteiger partial charge is 0.264 e. The lowest BCUT2D eigenvalue weighted by Crippen LogP contribution is -2.42. The molecule has 0 aliphatic carbocycles. The van der Waals surface area contributed by atoms with Gasteiger partial charge in [0.25, 0.3) is 10.0 Å². The lowest BCUT2D eigenvalue weighted by atomic mass is 10.2. The first-order chi connectivity index (χ1) is 20.0. The number of hydrogen-bond acceptors (Lipinski definition) is 7. The van der Waals surface area contributed by atoms with Gasteiger partial charge in [-0.3, -0.25) is 9.10 Å². The number of rotatable bonds is 12. The summed E-state index contributed by atoms with van der Waals surface area (Å²) in [7, 11) is -6.20. The number of carbonyl (C=O) groups is 1. The summed E-state index contributed by atoms with van der Waals surface area (Å²) >= 11 is 0. The number of hydrogen-bond donors (Lipinski definition) is 1. The number of ether oxygens (including phenoxy) is 2. The molecular weight excluding hydrogens is 578 g/mol. The Bertz CT molecular complexity index is 1580. The van der Waals surface area contributed by atoms with E-state index < -0.39 is 32.5 Å². The van der Waals surface area contributed by atoms with E-state index in [4.69, 9.17) is 9.47 Å². The van der Waals surface area contributed by atoms with Gasteiger partial charge >= 0.3 is 0 Å². The summed E-state index contributed by atoms with van der Waals surface area (Å²) in [6.07, 6.45) is 2.76. The number of anilines is 1. The summed E-state index contributed by atoms with van der Waals surface area (Å²) in [6.45, 7) is 4.48. The molecule has 4 rings (SSSR count). The van der Waals surface area contributed by atoms with Crippen molar-refractivity contribution in [1.29, 1.82) is 0 Å². The number of aryl methyl sites for hydroxylation is 2. The van der Waals surface area contributed by atoms with Gasteiger partial charge in [-0.05, 0) is 80.8 Å². The molecule has 12 heteroatoms. The SMILES string of the molecule is COc1ccc(C)cc1N(CC(=O)NCCOc1ccc(S(=O)(=O)N2CCCCC2)cc1)S(=O)(=O)c1ccc(C)cc1. The summed E-state index contributed by atoms with van der Waals surface area (Å²) < 4.78 is 66.7. The van der Waals surface area contributed by atoms with Crippen molar-refractivity contribution >= 4 is 31.6 Å². The fraction of sp³-hybridized carbons (Fsp3) is 0.367. The zero-order valence-electron chi connectivity index (χ0n) is 24.1. The number of benzene rings is 3. The van der Waals surface area contributed by atoms with Gasteiger partial charge in [0, 0.05) is 13.1 Å². The van der Waals surface area contributed by atoms with Crippen molar-refractivity contribution in [2.45, 2.75) is 42.9 Å². The highest BCUT2D eigenvalue weighted by Gasteiger charge is 2.30. The van der Waals surface area contributed by atoms with Crippen LogP contribution in [0.25, 0.3) is 0 Å². The van der Waals surface area contributed by atoms with E-state index in [0.29, 0.717) is 24.6 Å².